The minimum absolute atomic E-state index is 0.0664. The third-order valence-corrected chi connectivity index (χ3v) is 5.47. The summed E-state index contributed by atoms with van der Waals surface area (Å²) < 4.78 is 3.34. The van der Waals surface area contributed by atoms with E-state index < -0.39 is 0 Å². The first-order valence-corrected chi connectivity index (χ1v) is 11.3. The van der Waals surface area contributed by atoms with Gasteiger partial charge in [-0.1, -0.05) is 69.3 Å². The van der Waals surface area contributed by atoms with E-state index >= 15 is 0 Å². The zero-order valence-corrected chi connectivity index (χ0v) is 19.3. The highest BCUT2D eigenvalue weighted by atomic mass is 16.2. The van der Waals surface area contributed by atoms with E-state index in [4.69, 9.17) is 0 Å². The van der Waals surface area contributed by atoms with Crippen LogP contribution in [0.3, 0.4) is 0 Å². The molecule has 8 heteroatoms. The Labute approximate surface area is 193 Å². The Balaban J connectivity index is 1.57. The van der Waals surface area contributed by atoms with Crippen LogP contribution in [0.25, 0.3) is 28.6 Å². The molecule has 0 bridgehead atoms. The number of allylic oxidation sites excluding steroid dienone is 1. The molecule has 2 heterocycles. The summed E-state index contributed by atoms with van der Waals surface area (Å²) in [6.45, 7) is 7.49. The Bertz CT molecular complexity index is 1270. The van der Waals surface area contributed by atoms with E-state index in [2.05, 4.69) is 76.8 Å². The lowest BCUT2D eigenvalue weighted by Crippen LogP contribution is -2.26. The predicted molar refractivity (Wildman–Crippen MR) is 129 cm³/mol. The number of aromatic nitrogens is 7. The summed E-state index contributed by atoms with van der Waals surface area (Å²) in [6.07, 6.45) is 5.78. The molecule has 0 aliphatic carbocycles. The van der Waals surface area contributed by atoms with Crippen LogP contribution in [0.5, 0.6) is 0 Å². The Hall–Kier alpha value is -3.81. The largest absolute Gasteiger partial charge is 0.346 e. The van der Waals surface area contributed by atoms with Gasteiger partial charge in [0.15, 0.2) is 5.82 Å². The molecule has 4 aromatic rings. The van der Waals surface area contributed by atoms with Crippen LogP contribution in [-0.2, 0) is 13.1 Å². The quantitative estimate of drug-likeness (QED) is 0.413. The highest BCUT2D eigenvalue weighted by molar-refractivity contribution is 5.70. The van der Waals surface area contributed by atoms with E-state index in [9.17, 15) is 4.79 Å². The SMILES string of the molecule is CC/C=C/c1nn(CCC(C)C)c(=O)n1Cc1ccc(-c2cccc(-c3nn[nH]n3)c2)cc1. The van der Waals surface area contributed by atoms with Crippen molar-refractivity contribution in [3.63, 3.8) is 0 Å². The summed E-state index contributed by atoms with van der Waals surface area (Å²) in [6, 6.07) is 16.3. The third kappa shape index (κ3) is 5.34. The molecule has 33 heavy (non-hydrogen) atoms. The Morgan fingerprint density at radius 1 is 1.06 bits per heavy atom. The van der Waals surface area contributed by atoms with Gasteiger partial charge < -0.3 is 0 Å². The second-order valence-corrected chi connectivity index (χ2v) is 8.46. The summed E-state index contributed by atoms with van der Waals surface area (Å²) in [4.78, 5) is 13.0. The molecule has 8 nitrogen and oxygen atoms in total. The molecule has 2 aromatic carbocycles. The third-order valence-electron chi connectivity index (χ3n) is 5.47. The van der Waals surface area contributed by atoms with Gasteiger partial charge in [-0.05, 0) is 52.8 Å². The second-order valence-electron chi connectivity index (χ2n) is 8.46. The first kappa shape index (κ1) is 22.4. The molecule has 0 aliphatic rings. The standard InChI is InChI=1S/C25H29N7O/c1-4-5-9-23-28-32(15-14-18(2)3)25(33)31(23)17-19-10-12-20(13-11-19)21-7-6-8-22(16-21)24-26-29-30-27-24/h5-13,16,18H,4,14-15,17H2,1-3H3,(H,26,27,29,30)/b9-5+. The molecule has 0 atom stereocenters. The fraction of sp³-hybridized carbons (Fsp3) is 0.320. The van der Waals surface area contributed by atoms with Gasteiger partial charge in [0.2, 0.25) is 5.82 Å². The van der Waals surface area contributed by atoms with Gasteiger partial charge in [-0.2, -0.15) is 10.3 Å². The van der Waals surface area contributed by atoms with Crippen molar-refractivity contribution in [3.05, 3.63) is 76.5 Å². The summed E-state index contributed by atoms with van der Waals surface area (Å²) in [7, 11) is 0. The summed E-state index contributed by atoms with van der Waals surface area (Å²) in [5.41, 5.74) is 4.02. The van der Waals surface area contributed by atoms with Crippen molar-refractivity contribution in [1.29, 1.82) is 0 Å². The van der Waals surface area contributed by atoms with E-state index in [0.717, 1.165) is 35.1 Å². The summed E-state index contributed by atoms with van der Waals surface area (Å²) in [5, 5.41) is 18.8. The molecular weight excluding hydrogens is 414 g/mol. The Morgan fingerprint density at radius 3 is 2.55 bits per heavy atom. The zero-order valence-electron chi connectivity index (χ0n) is 19.3. The maximum absolute atomic E-state index is 13.0. The maximum atomic E-state index is 13.0. The first-order chi connectivity index (χ1) is 16.0. The molecule has 0 spiro atoms. The van der Waals surface area contributed by atoms with Crippen molar-refractivity contribution in [2.75, 3.05) is 0 Å². The summed E-state index contributed by atoms with van der Waals surface area (Å²) >= 11 is 0. The molecule has 0 aliphatic heterocycles. The molecule has 170 valence electrons. The average Bonchev–Trinajstić information content (AvgIpc) is 3.46. The van der Waals surface area contributed by atoms with Crippen LogP contribution in [0, 0.1) is 5.92 Å². The average molecular weight is 444 g/mol. The second kappa shape index (κ2) is 10.2. The lowest BCUT2D eigenvalue weighted by atomic mass is 10.0. The first-order valence-electron chi connectivity index (χ1n) is 11.3. The van der Waals surface area contributed by atoms with E-state index in [1.165, 1.54) is 0 Å². The van der Waals surface area contributed by atoms with Crippen molar-refractivity contribution >= 4 is 6.08 Å². The van der Waals surface area contributed by atoms with E-state index in [0.29, 0.717) is 30.7 Å². The van der Waals surface area contributed by atoms with Gasteiger partial charge in [0.1, 0.15) is 0 Å². The monoisotopic (exact) mass is 443 g/mol. The maximum Gasteiger partial charge on any atom is 0.346 e. The molecule has 0 saturated carbocycles. The minimum atomic E-state index is -0.0664. The molecule has 1 N–H and O–H groups in total. The number of aryl methyl sites for hydroxylation is 1. The van der Waals surface area contributed by atoms with Crippen molar-refractivity contribution in [3.8, 4) is 22.5 Å². The molecule has 2 aromatic heterocycles. The molecular formula is C25H29N7O. The molecule has 0 saturated heterocycles. The molecule has 0 unspecified atom stereocenters. The number of H-pyrrole nitrogens is 1. The van der Waals surface area contributed by atoms with Crippen LogP contribution >= 0.6 is 0 Å². The Morgan fingerprint density at radius 2 is 1.85 bits per heavy atom. The number of rotatable bonds is 9. The lowest BCUT2D eigenvalue weighted by Gasteiger charge is -2.07. The fourth-order valence-electron chi connectivity index (χ4n) is 3.59. The molecule has 0 radical (unpaired) electrons. The van der Waals surface area contributed by atoms with Gasteiger partial charge in [-0.15, -0.1) is 10.2 Å². The van der Waals surface area contributed by atoms with Crippen molar-refractivity contribution in [2.45, 2.75) is 46.7 Å². The van der Waals surface area contributed by atoms with Gasteiger partial charge in [0.05, 0.1) is 6.54 Å². The molecule has 0 amide bonds. The number of benzene rings is 2. The number of aromatic amines is 1. The van der Waals surface area contributed by atoms with Gasteiger partial charge in [0.25, 0.3) is 0 Å². The highest BCUT2D eigenvalue weighted by Gasteiger charge is 2.13. The van der Waals surface area contributed by atoms with Crippen LogP contribution in [0.2, 0.25) is 0 Å². The number of nitrogens with zero attached hydrogens (tertiary/aromatic N) is 6. The zero-order chi connectivity index (χ0) is 23.2. The van der Waals surface area contributed by atoms with Crippen LogP contribution < -0.4 is 5.69 Å². The number of nitrogens with one attached hydrogen (secondary N) is 1. The molecule has 0 fully saturated rings. The number of hydrogen-bond acceptors (Lipinski definition) is 5. The van der Waals surface area contributed by atoms with E-state index in [1.807, 2.05) is 30.4 Å². The Kier molecular flexibility index (Phi) is 6.92. The highest BCUT2D eigenvalue weighted by Crippen LogP contribution is 2.24. The number of hydrogen-bond donors (Lipinski definition) is 1. The normalized spacial score (nSPS) is 11.6. The van der Waals surface area contributed by atoms with E-state index in [-0.39, 0.29) is 5.69 Å². The van der Waals surface area contributed by atoms with Crippen molar-refractivity contribution in [2.24, 2.45) is 5.92 Å². The van der Waals surface area contributed by atoms with Crippen LogP contribution in [0.1, 0.15) is 45.0 Å². The van der Waals surface area contributed by atoms with Crippen LogP contribution in [-0.4, -0.2) is 35.0 Å². The minimum Gasteiger partial charge on any atom is -0.271 e. The van der Waals surface area contributed by atoms with Gasteiger partial charge in [-0.25, -0.2) is 9.48 Å². The van der Waals surface area contributed by atoms with Crippen LogP contribution in [0.4, 0.5) is 0 Å². The number of tetrazole rings is 1. The lowest BCUT2D eigenvalue weighted by molar-refractivity contribution is 0.473. The van der Waals surface area contributed by atoms with Gasteiger partial charge in [-0.3, -0.25) is 4.57 Å². The topological polar surface area (TPSA) is 94.3 Å². The smallest absolute Gasteiger partial charge is 0.271 e. The van der Waals surface area contributed by atoms with Crippen LogP contribution in [0.15, 0.2) is 59.4 Å². The van der Waals surface area contributed by atoms with Gasteiger partial charge >= 0.3 is 5.69 Å². The summed E-state index contributed by atoms with van der Waals surface area (Å²) in [5.74, 6) is 1.78. The molecule has 4 rings (SSSR count). The van der Waals surface area contributed by atoms with Crippen molar-refractivity contribution < 1.29 is 0 Å². The fourth-order valence-corrected chi connectivity index (χ4v) is 3.59. The van der Waals surface area contributed by atoms with Gasteiger partial charge in [0, 0.05) is 12.1 Å². The van der Waals surface area contributed by atoms with Crippen molar-refractivity contribution in [1.82, 2.24) is 35.0 Å². The predicted octanol–water partition coefficient (Wildman–Crippen LogP) is 4.41. The van der Waals surface area contributed by atoms with E-state index in [1.54, 1.807) is 9.25 Å².